The average Bonchev–Trinajstić information content (AvgIpc) is 2.61. The van der Waals surface area contributed by atoms with Crippen LogP contribution in [0, 0.1) is 10.1 Å². The van der Waals surface area contributed by atoms with Crippen LogP contribution in [0.3, 0.4) is 0 Å². The molecular formula is C18H21N3O2. The van der Waals surface area contributed by atoms with Crippen molar-refractivity contribution in [1.82, 2.24) is 0 Å². The van der Waals surface area contributed by atoms with Crippen molar-refractivity contribution < 1.29 is 4.92 Å². The Bertz CT molecular complexity index is 681. The van der Waals surface area contributed by atoms with Crippen molar-refractivity contribution in [2.45, 2.75) is 25.8 Å². The fourth-order valence-corrected chi connectivity index (χ4v) is 3.06. The molecule has 0 saturated carbocycles. The maximum atomic E-state index is 11.1. The van der Waals surface area contributed by atoms with Gasteiger partial charge in [-0.1, -0.05) is 30.3 Å². The van der Waals surface area contributed by atoms with Gasteiger partial charge in [0.25, 0.3) is 5.69 Å². The van der Waals surface area contributed by atoms with Gasteiger partial charge in [0, 0.05) is 31.3 Å². The molecule has 1 fully saturated rings. The maximum absolute atomic E-state index is 11.1. The second-order valence-corrected chi connectivity index (χ2v) is 5.80. The van der Waals surface area contributed by atoms with Crippen molar-refractivity contribution in [1.29, 1.82) is 0 Å². The minimum atomic E-state index is -0.326. The Balaban J connectivity index is 1.77. The second kappa shape index (κ2) is 7.13. The van der Waals surface area contributed by atoms with E-state index in [0.717, 1.165) is 18.8 Å². The smallest absolute Gasteiger partial charge is 0.274 e. The largest absolute Gasteiger partial charge is 0.379 e. The summed E-state index contributed by atoms with van der Waals surface area (Å²) in [4.78, 5) is 13.2. The normalized spacial score (nSPS) is 14.5. The molecular weight excluding hydrogens is 290 g/mol. The van der Waals surface area contributed by atoms with Crippen molar-refractivity contribution in [3.8, 4) is 0 Å². The molecule has 0 aliphatic carbocycles. The predicted molar refractivity (Wildman–Crippen MR) is 92.9 cm³/mol. The monoisotopic (exact) mass is 311 g/mol. The van der Waals surface area contributed by atoms with E-state index >= 15 is 0 Å². The van der Waals surface area contributed by atoms with Crippen LogP contribution < -0.4 is 10.2 Å². The van der Waals surface area contributed by atoms with Gasteiger partial charge in [-0.3, -0.25) is 10.1 Å². The van der Waals surface area contributed by atoms with Crippen molar-refractivity contribution >= 4 is 17.1 Å². The Hall–Kier alpha value is -2.56. The van der Waals surface area contributed by atoms with E-state index in [1.54, 1.807) is 18.2 Å². The van der Waals surface area contributed by atoms with E-state index in [1.165, 1.54) is 24.9 Å². The molecule has 0 atom stereocenters. The van der Waals surface area contributed by atoms with Gasteiger partial charge in [0.1, 0.15) is 0 Å². The zero-order valence-corrected chi connectivity index (χ0v) is 13.1. The summed E-state index contributed by atoms with van der Waals surface area (Å²) in [5, 5.41) is 14.5. The first-order chi connectivity index (χ1) is 11.3. The highest BCUT2D eigenvalue weighted by Crippen LogP contribution is 2.29. The van der Waals surface area contributed by atoms with E-state index in [0.29, 0.717) is 12.1 Å². The summed E-state index contributed by atoms with van der Waals surface area (Å²) < 4.78 is 0. The summed E-state index contributed by atoms with van der Waals surface area (Å²) in [5.74, 6) is 0. The summed E-state index contributed by atoms with van der Waals surface area (Å²) in [6.07, 6.45) is 3.74. The van der Waals surface area contributed by atoms with Gasteiger partial charge in [0.05, 0.1) is 16.3 Å². The van der Waals surface area contributed by atoms with Crippen LogP contribution in [0.2, 0.25) is 0 Å². The molecule has 2 aromatic rings. The van der Waals surface area contributed by atoms with Crippen LogP contribution in [-0.4, -0.2) is 18.0 Å². The third-order valence-electron chi connectivity index (χ3n) is 4.26. The third kappa shape index (κ3) is 3.62. The van der Waals surface area contributed by atoms with E-state index in [9.17, 15) is 10.1 Å². The van der Waals surface area contributed by atoms with Crippen molar-refractivity contribution in [3.63, 3.8) is 0 Å². The van der Waals surface area contributed by atoms with Crippen LogP contribution >= 0.6 is 0 Å². The Kier molecular flexibility index (Phi) is 4.76. The molecule has 0 amide bonds. The van der Waals surface area contributed by atoms with Crippen LogP contribution in [-0.2, 0) is 6.54 Å². The first-order valence-electron chi connectivity index (χ1n) is 8.06. The SMILES string of the molecule is O=[N+]([O-])c1ccccc1CNc1ccccc1N1CCCCC1. The second-order valence-electron chi connectivity index (χ2n) is 5.80. The number of piperidine rings is 1. The number of hydrogen-bond acceptors (Lipinski definition) is 4. The van der Waals surface area contributed by atoms with Crippen molar-refractivity contribution in [3.05, 3.63) is 64.2 Å². The fraction of sp³-hybridized carbons (Fsp3) is 0.333. The average molecular weight is 311 g/mol. The van der Waals surface area contributed by atoms with E-state index in [4.69, 9.17) is 0 Å². The number of hydrogen-bond donors (Lipinski definition) is 1. The lowest BCUT2D eigenvalue weighted by atomic mass is 10.1. The number of benzene rings is 2. The summed E-state index contributed by atoms with van der Waals surface area (Å²) in [6.45, 7) is 2.59. The zero-order valence-electron chi connectivity index (χ0n) is 13.1. The van der Waals surface area contributed by atoms with E-state index in [2.05, 4.69) is 16.3 Å². The Morgan fingerprint density at radius 1 is 1.00 bits per heavy atom. The summed E-state index contributed by atoms with van der Waals surface area (Å²) in [5.41, 5.74) is 3.08. The lowest BCUT2D eigenvalue weighted by Gasteiger charge is -2.30. The van der Waals surface area contributed by atoms with Gasteiger partial charge in [-0.05, 0) is 31.4 Å². The lowest BCUT2D eigenvalue weighted by molar-refractivity contribution is -0.385. The van der Waals surface area contributed by atoms with Crippen molar-refractivity contribution in [2.24, 2.45) is 0 Å². The van der Waals surface area contributed by atoms with Gasteiger partial charge in [0.2, 0.25) is 0 Å². The number of rotatable bonds is 5. The molecule has 0 radical (unpaired) electrons. The van der Waals surface area contributed by atoms with Crippen LogP contribution in [0.25, 0.3) is 0 Å². The number of nitrogens with zero attached hydrogens (tertiary/aromatic N) is 2. The molecule has 0 bridgehead atoms. The van der Waals surface area contributed by atoms with Crippen LogP contribution in [0.4, 0.5) is 17.1 Å². The number of para-hydroxylation sites is 3. The number of nitro benzene ring substituents is 1. The first-order valence-corrected chi connectivity index (χ1v) is 8.06. The van der Waals surface area contributed by atoms with Gasteiger partial charge in [-0.15, -0.1) is 0 Å². The standard InChI is InChI=1S/C18H21N3O2/c22-21(23)17-10-4-2-8-15(17)14-19-16-9-3-5-11-18(16)20-12-6-1-7-13-20/h2-5,8-11,19H,1,6-7,12-14H2. The molecule has 0 aromatic heterocycles. The van der Waals surface area contributed by atoms with Crippen LogP contribution in [0.5, 0.6) is 0 Å². The van der Waals surface area contributed by atoms with Gasteiger partial charge in [0.15, 0.2) is 0 Å². The number of anilines is 2. The minimum absolute atomic E-state index is 0.162. The molecule has 120 valence electrons. The van der Waals surface area contributed by atoms with Gasteiger partial charge in [-0.25, -0.2) is 0 Å². The summed E-state index contributed by atoms with van der Waals surface area (Å²) in [6, 6.07) is 15.1. The van der Waals surface area contributed by atoms with Crippen molar-refractivity contribution in [2.75, 3.05) is 23.3 Å². The minimum Gasteiger partial charge on any atom is -0.379 e. The van der Waals surface area contributed by atoms with Crippen LogP contribution in [0.15, 0.2) is 48.5 Å². The van der Waals surface area contributed by atoms with Gasteiger partial charge in [-0.2, -0.15) is 0 Å². The molecule has 2 aromatic carbocycles. The maximum Gasteiger partial charge on any atom is 0.274 e. The highest BCUT2D eigenvalue weighted by molar-refractivity contribution is 5.70. The van der Waals surface area contributed by atoms with Gasteiger partial charge >= 0.3 is 0 Å². The molecule has 1 heterocycles. The Morgan fingerprint density at radius 2 is 1.70 bits per heavy atom. The Morgan fingerprint density at radius 3 is 2.48 bits per heavy atom. The topological polar surface area (TPSA) is 58.4 Å². The zero-order chi connectivity index (χ0) is 16.1. The molecule has 1 N–H and O–H groups in total. The molecule has 1 saturated heterocycles. The van der Waals surface area contributed by atoms with E-state index in [-0.39, 0.29) is 10.6 Å². The highest BCUT2D eigenvalue weighted by Gasteiger charge is 2.15. The van der Waals surface area contributed by atoms with Crippen LogP contribution in [0.1, 0.15) is 24.8 Å². The molecule has 1 aliphatic rings. The molecule has 3 rings (SSSR count). The predicted octanol–water partition coefficient (Wildman–Crippen LogP) is 4.20. The molecule has 5 heteroatoms. The number of nitro groups is 1. The summed E-state index contributed by atoms with van der Waals surface area (Å²) >= 11 is 0. The van der Waals surface area contributed by atoms with E-state index < -0.39 is 0 Å². The quantitative estimate of drug-likeness (QED) is 0.664. The van der Waals surface area contributed by atoms with E-state index in [1.807, 2.05) is 24.3 Å². The number of nitrogens with one attached hydrogen (secondary N) is 1. The molecule has 23 heavy (non-hydrogen) atoms. The van der Waals surface area contributed by atoms with Gasteiger partial charge < -0.3 is 10.2 Å². The molecule has 0 spiro atoms. The molecule has 1 aliphatic heterocycles. The fourth-order valence-electron chi connectivity index (χ4n) is 3.06. The third-order valence-corrected chi connectivity index (χ3v) is 4.26. The molecule has 5 nitrogen and oxygen atoms in total. The Labute approximate surface area is 136 Å². The lowest BCUT2D eigenvalue weighted by Crippen LogP contribution is -2.30. The molecule has 0 unspecified atom stereocenters. The first kappa shape index (κ1) is 15.3. The highest BCUT2D eigenvalue weighted by atomic mass is 16.6. The summed E-state index contributed by atoms with van der Waals surface area (Å²) in [7, 11) is 0.